The highest BCUT2D eigenvalue weighted by molar-refractivity contribution is 7.99. The van der Waals surface area contributed by atoms with E-state index in [4.69, 9.17) is 21.9 Å². The third kappa shape index (κ3) is 5.18. The number of ether oxygens (including phenoxy) is 1. The number of carbonyl (C=O) groups is 1. The van der Waals surface area contributed by atoms with Gasteiger partial charge in [0.25, 0.3) is 5.56 Å². The summed E-state index contributed by atoms with van der Waals surface area (Å²) in [7, 11) is 1.66. The number of hydrogen-bond donors (Lipinski definition) is 1. The molecule has 1 amide bonds. The summed E-state index contributed by atoms with van der Waals surface area (Å²) in [5.41, 5.74) is 2.12. The molecular formula is C23H22N4O3S3. The summed E-state index contributed by atoms with van der Waals surface area (Å²) >= 11 is 7.99. The Morgan fingerprint density at radius 1 is 1.18 bits per heavy atom. The Morgan fingerprint density at radius 2 is 1.91 bits per heavy atom. The van der Waals surface area contributed by atoms with Crippen molar-refractivity contribution < 1.29 is 9.53 Å². The summed E-state index contributed by atoms with van der Waals surface area (Å²) in [6, 6.07) is 17.2. The first-order valence-corrected chi connectivity index (χ1v) is 12.5. The highest BCUT2D eigenvalue weighted by Gasteiger charge is 2.17. The van der Waals surface area contributed by atoms with Gasteiger partial charge in [-0.3, -0.25) is 18.7 Å². The van der Waals surface area contributed by atoms with E-state index in [2.05, 4.69) is 5.32 Å². The smallest absolute Gasteiger partial charge is 0.273 e. The molecule has 0 aliphatic rings. The van der Waals surface area contributed by atoms with Crippen molar-refractivity contribution in [2.24, 2.45) is 7.05 Å². The second-order valence-corrected chi connectivity index (χ2v) is 9.68. The molecule has 33 heavy (non-hydrogen) atoms. The fourth-order valence-electron chi connectivity index (χ4n) is 3.20. The number of aromatic nitrogens is 3. The van der Waals surface area contributed by atoms with E-state index in [9.17, 15) is 9.59 Å². The Balaban J connectivity index is 1.58. The van der Waals surface area contributed by atoms with Crippen LogP contribution in [0.25, 0.3) is 16.0 Å². The molecule has 1 N–H and O–H groups in total. The Hall–Kier alpha value is -2.95. The third-order valence-electron chi connectivity index (χ3n) is 4.84. The Labute approximate surface area is 204 Å². The lowest BCUT2D eigenvalue weighted by Gasteiger charge is -2.10. The van der Waals surface area contributed by atoms with E-state index in [0.29, 0.717) is 32.6 Å². The van der Waals surface area contributed by atoms with Crippen molar-refractivity contribution in [3.8, 4) is 11.4 Å². The molecular weight excluding hydrogens is 476 g/mol. The van der Waals surface area contributed by atoms with Crippen LogP contribution in [0, 0.1) is 3.95 Å². The van der Waals surface area contributed by atoms with Crippen LogP contribution in [0.3, 0.4) is 0 Å². The lowest BCUT2D eigenvalue weighted by atomic mass is 10.2. The van der Waals surface area contributed by atoms with Crippen molar-refractivity contribution in [3.63, 3.8) is 0 Å². The van der Waals surface area contributed by atoms with Crippen molar-refractivity contribution in [2.45, 2.75) is 18.6 Å². The number of rotatable bonds is 8. The molecule has 0 unspecified atom stereocenters. The maximum atomic E-state index is 13.0. The summed E-state index contributed by atoms with van der Waals surface area (Å²) in [5, 5.41) is 3.34. The first-order valence-electron chi connectivity index (χ1n) is 10.3. The van der Waals surface area contributed by atoms with Gasteiger partial charge < -0.3 is 10.1 Å². The van der Waals surface area contributed by atoms with Crippen LogP contribution in [-0.2, 0) is 18.4 Å². The molecule has 0 saturated carbocycles. The minimum atomic E-state index is -0.187. The monoisotopic (exact) mass is 498 g/mol. The van der Waals surface area contributed by atoms with E-state index in [0.717, 1.165) is 17.0 Å². The van der Waals surface area contributed by atoms with Gasteiger partial charge in [0.05, 0.1) is 12.4 Å². The van der Waals surface area contributed by atoms with Crippen LogP contribution < -0.4 is 15.6 Å². The summed E-state index contributed by atoms with van der Waals surface area (Å²) in [6.07, 6.45) is 0. The summed E-state index contributed by atoms with van der Waals surface area (Å²) in [4.78, 5) is 30.0. The zero-order valence-electron chi connectivity index (χ0n) is 18.1. The van der Waals surface area contributed by atoms with Crippen molar-refractivity contribution >= 4 is 51.6 Å². The van der Waals surface area contributed by atoms with Crippen molar-refractivity contribution in [1.82, 2.24) is 19.4 Å². The van der Waals surface area contributed by atoms with Gasteiger partial charge in [0.2, 0.25) is 5.91 Å². The van der Waals surface area contributed by atoms with E-state index in [1.165, 1.54) is 27.7 Å². The molecule has 0 saturated heterocycles. The number of thiazole rings is 1. The Kier molecular flexibility index (Phi) is 7.26. The fourth-order valence-corrected chi connectivity index (χ4v) is 5.35. The van der Waals surface area contributed by atoms with Crippen LogP contribution in [-0.4, -0.2) is 32.4 Å². The topological polar surface area (TPSA) is 78.1 Å². The molecule has 4 rings (SSSR count). The Bertz CT molecular complexity index is 1390. The van der Waals surface area contributed by atoms with Crippen LogP contribution >= 0.6 is 35.3 Å². The zero-order chi connectivity index (χ0) is 23.4. The Morgan fingerprint density at radius 3 is 2.61 bits per heavy atom. The molecule has 0 aliphatic carbocycles. The number of fused-ring (bicyclic) bond motifs is 1. The molecule has 0 atom stereocenters. The summed E-state index contributed by atoms with van der Waals surface area (Å²) in [6.45, 7) is 2.96. The van der Waals surface area contributed by atoms with Gasteiger partial charge in [-0.05, 0) is 49.0 Å². The lowest BCUT2D eigenvalue weighted by molar-refractivity contribution is -0.118. The van der Waals surface area contributed by atoms with Crippen molar-refractivity contribution in [2.75, 3.05) is 12.4 Å². The minimum absolute atomic E-state index is 0.133. The number of benzene rings is 2. The fraction of sp³-hybridized carbons (Fsp3) is 0.217. The standard InChI is InChI=1S/C23H22N4O3S3/c1-3-30-17-11-9-16(10-12-17)27-20-19(33-23(27)31)21(29)26(2)22(25-20)32-14-18(28)24-13-15-7-5-4-6-8-15/h4-12H,3,13-14H2,1-2H3,(H,24,28). The second kappa shape index (κ2) is 10.3. The molecule has 0 fully saturated rings. The molecule has 0 aliphatic heterocycles. The largest absolute Gasteiger partial charge is 0.494 e. The summed E-state index contributed by atoms with van der Waals surface area (Å²) < 4.78 is 9.77. The van der Waals surface area contributed by atoms with Crippen molar-refractivity contribution in [3.05, 3.63) is 74.5 Å². The van der Waals surface area contributed by atoms with Gasteiger partial charge in [0.1, 0.15) is 10.4 Å². The number of nitrogens with one attached hydrogen (secondary N) is 1. The van der Waals surface area contributed by atoms with E-state index in [1.54, 1.807) is 11.6 Å². The maximum Gasteiger partial charge on any atom is 0.273 e. The zero-order valence-corrected chi connectivity index (χ0v) is 20.6. The van der Waals surface area contributed by atoms with Gasteiger partial charge in [0.15, 0.2) is 14.8 Å². The first kappa shape index (κ1) is 23.2. The molecule has 2 aromatic heterocycles. The highest BCUT2D eigenvalue weighted by Crippen LogP contribution is 2.26. The van der Waals surface area contributed by atoms with Crippen LogP contribution in [0.4, 0.5) is 0 Å². The molecule has 2 aromatic carbocycles. The average Bonchev–Trinajstić information content (AvgIpc) is 3.16. The van der Waals surface area contributed by atoms with Gasteiger partial charge >= 0.3 is 0 Å². The second-order valence-electron chi connectivity index (χ2n) is 7.09. The molecule has 7 nitrogen and oxygen atoms in total. The molecule has 4 aromatic rings. The number of thioether (sulfide) groups is 1. The van der Waals surface area contributed by atoms with E-state index in [-0.39, 0.29) is 17.2 Å². The number of hydrogen-bond acceptors (Lipinski definition) is 7. The molecule has 10 heteroatoms. The van der Waals surface area contributed by atoms with E-state index >= 15 is 0 Å². The van der Waals surface area contributed by atoms with E-state index < -0.39 is 0 Å². The van der Waals surface area contributed by atoms with Crippen LogP contribution in [0.5, 0.6) is 5.75 Å². The number of carbonyl (C=O) groups excluding carboxylic acids is 1. The van der Waals surface area contributed by atoms with Gasteiger partial charge in [-0.2, -0.15) is 0 Å². The first-order chi connectivity index (χ1) is 16.0. The van der Waals surface area contributed by atoms with Crippen LogP contribution in [0.2, 0.25) is 0 Å². The average molecular weight is 499 g/mol. The van der Waals surface area contributed by atoms with Crippen LogP contribution in [0.15, 0.2) is 64.5 Å². The third-order valence-corrected chi connectivity index (χ3v) is 7.23. The summed E-state index contributed by atoms with van der Waals surface area (Å²) in [5.74, 6) is 0.771. The quantitative estimate of drug-likeness (QED) is 0.221. The van der Waals surface area contributed by atoms with Gasteiger partial charge in [-0.1, -0.05) is 53.4 Å². The maximum absolute atomic E-state index is 13.0. The van der Waals surface area contributed by atoms with E-state index in [1.807, 2.05) is 61.5 Å². The molecule has 2 heterocycles. The van der Waals surface area contributed by atoms with Crippen LogP contribution in [0.1, 0.15) is 12.5 Å². The minimum Gasteiger partial charge on any atom is -0.494 e. The van der Waals surface area contributed by atoms with Gasteiger partial charge in [-0.25, -0.2) is 4.98 Å². The molecule has 0 spiro atoms. The normalized spacial score (nSPS) is 11.0. The molecule has 170 valence electrons. The SMILES string of the molecule is CCOc1ccc(-n2c(=S)sc3c(=O)n(C)c(SCC(=O)NCc4ccccc4)nc32)cc1. The molecule has 0 bridgehead atoms. The number of nitrogens with zero attached hydrogens (tertiary/aromatic N) is 3. The highest BCUT2D eigenvalue weighted by atomic mass is 32.2. The molecule has 0 radical (unpaired) electrons. The van der Waals surface area contributed by atoms with Gasteiger partial charge in [-0.15, -0.1) is 0 Å². The number of amides is 1. The lowest BCUT2D eigenvalue weighted by Crippen LogP contribution is -2.25. The predicted octanol–water partition coefficient (Wildman–Crippen LogP) is 4.32. The van der Waals surface area contributed by atoms with Gasteiger partial charge in [0, 0.05) is 19.3 Å². The van der Waals surface area contributed by atoms with Crippen molar-refractivity contribution in [1.29, 1.82) is 0 Å². The predicted molar refractivity (Wildman–Crippen MR) is 135 cm³/mol.